The lowest BCUT2D eigenvalue weighted by Gasteiger charge is -2.10. The molecule has 0 fully saturated rings. The summed E-state index contributed by atoms with van der Waals surface area (Å²) >= 11 is 0. The number of carbonyl (C=O) groups is 1. The van der Waals surface area contributed by atoms with E-state index in [1.165, 1.54) is 7.11 Å². The van der Waals surface area contributed by atoms with Crippen LogP contribution in [0.25, 0.3) is 0 Å². The monoisotopic (exact) mass is 286 g/mol. The number of nitrogens with one attached hydrogen (secondary N) is 1. The van der Waals surface area contributed by atoms with Crippen LogP contribution in [0.15, 0.2) is 42.5 Å². The summed E-state index contributed by atoms with van der Waals surface area (Å²) < 4.78 is 5.10. The summed E-state index contributed by atoms with van der Waals surface area (Å²) in [6.45, 7) is 0.397. The molecular weight excluding hydrogens is 268 g/mol. The second-order valence-electron chi connectivity index (χ2n) is 4.58. The van der Waals surface area contributed by atoms with E-state index in [-0.39, 0.29) is 12.5 Å². The number of hydrogen-bond donors (Lipinski definition) is 3. The van der Waals surface area contributed by atoms with E-state index in [9.17, 15) is 4.79 Å². The topological polar surface area (TPSA) is 84.6 Å². The van der Waals surface area contributed by atoms with Gasteiger partial charge < -0.3 is 20.9 Å². The van der Waals surface area contributed by atoms with E-state index in [4.69, 9.17) is 15.6 Å². The maximum atomic E-state index is 12.1. The molecule has 2 aromatic carbocycles. The molecule has 0 saturated heterocycles. The molecule has 0 aliphatic rings. The zero-order valence-corrected chi connectivity index (χ0v) is 11.8. The van der Waals surface area contributed by atoms with Crippen molar-refractivity contribution >= 4 is 11.6 Å². The van der Waals surface area contributed by atoms with Gasteiger partial charge in [0.05, 0.1) is 25.0 Å². The normalized spacial score (nSPS) is 10.2. The number of nitrogens with two attached hydrogens (primary N) is 1. The van der Waals surface area contributed by atoms with Crippen LogP contribution in [0.4, 0.5) is 5.69 Å². The minimum Gasteiger partial charge on any atom is -0.495 e. The van der Waals surface area contributed by atoms with Crippen LogP contribution in [0.5, 0.6) is 5.75 Å². The highest BCUT2D eigenvalue weighted by atomic mass is 16.5. The fraction of sp³-hybridized carbons (Fsp3) is 0.188. The number of amides is 1. The second kappa shape index (κ2) is 6.76. The third kappa shape index (κ3) is 3.52. The predicted octanol–water partition coefficient (Wildman–Crippen LogP) is 1.70. The van der Waals surface area contributed by atoms with Crippen molar-refractivity contribution in [2.24, 2.45) is 0 Å². The average molecular weight is 286 g/mol. The third-order valence-electron chi connectivity index (χ3n) is 3.19. The summed E-state index contributed by atoms with van der Waals surface area (Å²) in [5.41, 5.74) is 8.39. The van der Waals surface area contributed by atoms with Crippen molar-refractivity contribution in [2.75, 3.05) is 12.8 Å². The number of hydrogen-bond acceptors (Lipinski definition) is 4. The zero-order valence-electron chi connectivity index (χ0n) is 11.8. The number of para-hydroxylation sites is 1. The molecule has 0 bridgehead atoms. The van der Waals surface area contributed by atoms with Crippen LogP contribution in [0.3, 0.4) is 0 Å². The SMILES string of the molecule is COc1cccc(C(=O)NCc2ccc(CO)cc2)c1N. The number of methoxy groups -OCH3 is 1. The standard InChI is InChI=1S/C16H18N2O3/c1-21-14-4-2-3-13(15(14)17)16(20)18-9-11-5-7-12(10-19)8-6-11/h2-8,19H,9-10,17H2,1H3,(H,18,20). The number of ether oxygens (including phenoxy) is 1. The number of aliphatic hydroxyl groups is 1. The molecule has 5 nitrogen and oxygen atoms in total. The molecular formula is C16H18N2O3. The predicted molar refractivity (Wildman–Crippen MR) is 80.9 cm³/mol. The zero-order chi connectivity index (χ0) is 15.2. The Balaban J connectivity index is 2.04. The minimum absolute atomic E-state index is 0.00693. The van der Waals surface area contributed by atoms with Gasteiger partial charge in [-0.15, -0.1) is 0 Å². The molecule has 4 N–H and O–H groups in total. The molecule has 1 amide bonds. The Kier molecular flexibility index (Phi) is 4.79. The highest BCUT2D eigenvalue weighted by molar-refractivity contribution is 6.00. The van der Waals surface area contributed by atoms with Gasteiger partial charge in [-0.25, -0.2) is 0 Å². The number of nitrogen functional groups attached to an aromatic ring is 1. The number of benzene rings is 2. The van der Waals surface area contributed by atoms with Crippen LogP contribution in [-0.2, 0) is 13.2 Å². The van der Waals surface area contributed by atoms with E-state index in [2.05, 4.69) is 5.32 Å². The number of carbonyl (C=O) groups excluding carboxylic acids is 1. The van der Waals surface area contributed by atoms with Gasteiger partial charge in [-0.1, -0.05) is 30.3 Å². The Morgan fingerprint density at radius 3 is 2.48 bits per heavy atom. The van der Waals surface area contributed by atoms with Crippen molar-refractivity contribution in [1.82, 2.24) is 5.32 Å². The number of anilines is 1. The van der Waals surface area contributed by atoms with E-state index in [1.807, 2.05) is 24.3 Å². The van der Waals surface area contributed by atoms with Gasteiger partial charge in [0.2, 0.25) is 0 Å². The van der Waals surface area contributed by atoms with E-state index >= 15 is 0 Å². The molecule has 0 atom stereocenters. The molecule has 0 heterocycles. The maximum Gasteiger partial charge on any atom is 0.253 e. The Labute approximate surface area is 123 Å². The molecule has 0 radical (unpaired) electrons. The average Bonchev–Trinajstić information content (AvgIpc) is 2.53. The Hall–Kier alpha value is -2.53. The second-order valence-corrected chi connectivity index (χ2v) is 4.58. The Morgan fingerprint density at radius 1 is 1.19 bits per heavy atom. The van der Waals surface area contributed by atoms with Crippen LogP contribution >= 0.6 is 0 Å². The first kappa shape index (κ1) is 14.9. The molecule has 0 aromatic heterocycles. The van der Waals surface area contributed by atoms with Crippen LogP contribution < -0.4 is 15.8 Å². The van der Waals surface area contributed by atoms with Crippen LogP contribution in [0, 0.1) is 0 Å². The highest BCUT2D eigenvalue weighted by Gasteiger charge is 2.12. The van der Waals surface area contributed by atoms with Gasteiger partial charge in [-0.3, -0.25) is 4.79 Å². The summed E-state index contributed by atoms with van der Waals surface area (Å²) in [5, 5.41) is 11.8. The van der Waals surface area contributed by atoms with Gasteiger partial charge in [0.15, 0.2) is 0 Å². The summed E-state index contributed by atoms with van der Waals surface area (Å²) in [6, 6.07) is 12.5. The maximum absolute atomic E-state index is 12.1. The van der Waals surface area contributed by atoms with Crippen LogP contribution in [0.1, 0.15) is 21.5 Å². The number of rotatable bonds is 5. The molecule has 21 heavy (non-hydrogen) atoms. The van der Waals surface area contributed by atoms with E-state index in [0.29, 0.717) is 23.5 Å². The third-order valence-corrected chi connectivity index (χ3v) is 3.19. The lowest BCUT2D eigenvalue weighted by molar-refractivity contribution is 0.0951. The fourth-order valence-corrected chi connectivity index (χ4v) is 1.96. The molecule has 0 aliphatic carbocycles. The van der Waals surface area contributed by atoms with Gasteiger partial charge in [-0.05, 0) is 23.3 Å². The summed E-state index contributed by atoms with van der Waals surface area (Å²) in [4.78, 5) is 12.1. The lowest BCUT2D eigenvalue weighted by Crippen LogP contribution is -2.23. The van der Waals surface area contributed by atoms with Crippen LogP contribution in [-0.4, -0.2) is 18.1 Å². The number of aliphatic hydroxyl groups excluding tert-OH is 1. The first-order valence-corrected chi connectivity index (χ1v) is 6.55. The summed E-state index contributed by atoms with van der Waals surface area (Å²) in [6.07, 6.45) is 0. The smallest absolute Gasteiger partial charge is 0.253 e. The van der Waals surface area contributed by atoms with Gasteiger partial charge >= 0.3 is 0 Å². The quantitative estimate of drug-likeness (QED) is 0.730. The van der Waals surface area contributed by atoms with Gasteiger partial charge in [0.25, 0.3) is 5.91 Å². The summed E-state index contributed by atoms with van der Waals surface area (Å²) in [7, 11) is 1.51. The molecule has 2 aromatic rings. The molecule has 0 saturated carbocycles. The van der Waals surface area contributed by atoms with Crippen molar-refractivity contribution in [1.29, 1.82) is 0 Å². The Morgan fingerprint density at radius 2 is 1.86 bits per heavy atom. The fourth-order valence-electron chi connectivity index (χ4n) is 1.96. The van der Waals surface area contributed by atoms with Crippen LogP contribution in [0.2, 0.25) is 0 Å². The first-order chi connectivity index (χ1) is 10.2. The van der Waals surface area contributed by atoms with E-state index in [1.54, 1.807) is 18.2 Å². The largest absolute Gasteiger partial charge is 0.495 e. The summed E-state index contributed by atoms with van der Waals surface area (Å²) in [5.74, 6) is 0.229. The van der Waals surface area contributed by atoms with Crippen molar-refractivity contribution in [2.45, 2.75) is 13.2 Å². The molecule has 2 rings (SSSR count). The molecule has 0 spiro atoms. The van der Waals surface area contributed by atoms with Crippen molar-refractivity contribution < 1.29 is 14.6 Å². The van der Waals surface area contributed by atoms with Crippen molar-refractivity contribution in [3.05, 3.63) is 59.2 Å². The molecule has 5 heteroatoms. The molecule has 110 valence electrons. The van der Waals surface area contributed by atoms with Gasteiger partial charge in [-0.2, -0.15) is 0 Å². The van der Waals surface area contributed by atoms with E-state index < -0.39 is 0 Å². The van der Waals surface area contributed by atoms with E-state index in [0.717, 1.165) is 11.1 Å². The highest BCUT2D eigenvalue weighted by Crippen LogP contribution is 2.24. The van der Waals surface area contributed by atoms with Crippen molar-refractivity contribution in [3.63, 3.8) is 0 Å². The van der Waals surface area contributed by atoms with Gasteiger partial charge in [0, 0.05) is 6.54 Å². The Bertz CT molecular complexity index is 624. The van der Waals surface area contributed by atoms with Crippen molar-refractivity contribution in [3.8, 4) is 5.75 Å². The van der Waals surface area contributed by atoms with Gasteiger partial charge in [0.1, 0.15) is 5.75 Å². The lowest BCUT2D eigenvalue weighted by atomic mass is 10.1. The minimum atomic E-state index is -0.252. The molecule has 0 unspecified atom stereocenters. The molecule has 0 aliphatic heterocycles. The first-order valence-electron chi connectivity index (χ1n) is 6.55.